The quantitative estimate of drug-likeness (QED) is 0.317. The first kappa shape index (κ1) is 20.5. The van der Waals surface area contributed by atoms with E-state index >= 15 is 0 Å². The molecule has 0 bridgehead atoms. The molecule has 2 aromatic carbocycles. The Labute approximate surface area is 177 Å². The summed E-state index contributed by atoms with van der Waals surface area (Å²) in [5, 5.41) is 29.1. The predicted octanol–water partition coefficient (Wildman–Crippen LogP) is 3.73. The molecule has 29 heavy (non-hydrogen) atoms. The third-order valence-corrected chi connectivity index (χ3v) is 4.61. The van der Waals surface area contributed by atoms with Gasteiger partial charge in [-0.1, -0.05) is 23.7 Å². The predicted molar refractivity (Wildman–Crippen MR) is 110 cm³/mol. The molecule has 0 aliphatic carbocycles. The highest BCUT2D eigenvalue weighted by atomic mass is 79.9. The highest BCUT2D eigenvalue weighted by Crippen LogP contribution is 2.21. The van der Waals surface area contributed by atoms with Gasteiger partial charge in [0.2, 0.25) is 0 Å². The van der Waals surface area contributed by atoms with E-state index in [1.54, 1.807) is 23.0 Å². The van der Waals surface area contributed by atoms with E-state index in [0.717, 1.165) is 23.9 Å². The Balaban J connectivity index is 1.69. The van der Waals surface area contributed by atoms with E-state index in [-0.39, 0.29) is 22.7 Å². The molecule has 9 nitrogen and oxygen atoms in total. The van der Waals surface area contributed by atoms with Gasteiger partial charge >= 0.3 is 0 Å². The fourth-order valence-electron chi connectivity index (χ4n) is 2.38. The van der Waals surface area contributed by atoms with Gasteiger partial charge < -0.3 is 5.11 Å². The summed E-state index contributed by atoms with van der Waals surface area (Å²) in [4.78, 5) is 22.5. The number of benzene rings is 2. The summed E-state index contributed by atoms with van der Waals surface area (Å²) in [6.07, 6.45) is 2.76. The molecule has 0 atom stereocenters. The molecule has 3 aromatic rings. The lowest BCUT2D eigenvalue weighted by Gasteiger charge is -2.02. The minimum absolute atomic E-state index is 0.0897. The van der Waals surface area contributed by atoms with Gasteiger partial charge in [-0.3, -0.25) is 19.6 Å². The number of non-ortho nitro benzene ring substituents is 1. The number of hydrogen-bond acceptors (Lipinski definition) is 6. The lowest BCUT2D eigenvalue weighted by atomic mass is 10.2. The maximum absolute atomic E-state index is 12.3. The third-order valence-electron chi connectivity index (χ3n) is 3.78. The van der Waals surface area contributed by atoms with Crippen molar-refractivity contribution in [2.45, 2.75) is 6.54 Å². The Morgan fingerprint density at radius 2 is 2.07 bits per heavy atom. The molecule has 2 N–H and O–H groups in total. The summed E-state index contributed by atoms with van der Waals surface area (Å²) < 4.78 is 2.05. The fraction of sp³-hybridized carbons (Fsp3) is 0.0556. The molecule has 0 fully saturated rings. The molecular formula is C18H13BrClN5O4. The number of nitro groups is 1. The van der Waals surface area contributed by atoms with Crippen LogP contribution in [0.1, 0.15) is 21.6 Å². The number of aromatic nitrogens is 2. The van der Waals surface area contributed by atoms with Crippen LogP contribution < -0.4 is 5.43 Å². The van der Waals surface area contributed by atoms with Crippen molar-refractivity contribution < 1.29 is 14.8 Å². The van der Waals surface area contributed by atoms with Crippen LogP contribution in [-0.4, -0.2) is 31.9 Å². The zero-order chi connectivity index (χ0) is 21.0. The van der Waals surface area contributed by atoms with Gasteiger partial charge in [0.05, 0.1) is 22.2 Å². The molecule has 0 aliphatic heterocycles. The SMILES string of the molecule is O=C(NN=Cc1cc([N+](=O)[O-])ccc1O)c1nn(Cc2ccc(Cl)cc2)cc1Br. The Morgan fingerprint density at radius 3 is 2.76 bits per heavy atom. The van der Waals surface area contributed by atoms with E-state index in [0.29, 0.717) is 16.0 Å². The summed E-state index contributed by atoms with van der Waals surface area (Å²) in [6.45, 7) is 0.438. The second-order valence-corrected chi connectivity index (χ2v) is 7.14. The van der Waals surface area contributed by atoms with Crippen LogP contribution in [0.3, 0.4) is 0 Å². The van der Waals surface area contributed by atoms with E-state index in [1.807, 2.05) is 12.1 Å². The van der Waals surface area contributed by atoms with Crippen molar-refractivity contribution in [3.63, 3.8) is 0 Å². The number of amides is 1. The monoisotopic (exact) mass is 477 g/mol. The van der Waals surface area contributed by atoms with Crippen molar-refractivity contribution in [3.8, 4) is 5.75 Å². The molecular weight excluding hydrogens is 466 g/mol. The van der Waals surface area contributed by atoms with Crippen molar-refractivity contribution in [1.82, 2.24) is 15.2 Å². The molecule has 0 radical (unpaired) electrons. The smallest absolute Gasteiger partial charge is 0.293 e. The number of nitrogens with one attached hydrogen (secondary N) is 1. The molecule has 1 aromatic heterocycles. The van der Waals surface area contributed by atoms with E-state index in [1.165, 1.54) is 6.07 Å². The largest absolute Gasteiger partial charge is 0.507 e. The van der Waals surface area contributed by atoms with Gasteiger partial charge in [0.1, 0.15) is 5.75 Å². The van der Waals surface area contributed by atoms with Crippen LogP contribution in [0.5, 0.6) is 5.75 Å². The van der Waals surface area contributed by atoms with Gasteiger partial charge in [-0.15, -0.1) is 0 Å². The second kappa shape index (κ2) is 8.84. The van der Waals surface area contributed by atoms with Gasteiger partial charge in [0.15, 0.2) is 5.69 Å². The first-order valence-electron chi connectivity index (χ1n) is 8.11. The molecule has 0 spiro atoms. The van der Waals surface area contributed by atoms with Crippen molar-refractivity contribution in [2.24, 2.45) is 5.10 Å². The number of hydrogen-bond donors (Lipinski definition) is 2. The topological polar surface area (TPSA) is 123 Å². The molecule has 11 heteroatoms. The molecule has 1 heterocycles. The highest BCUT2D eigenvalue weighted by Gasteiger charge is 2.15. The van der Waals surface area contributed by atoms with Crippen molar-refractivity contribution in [2.75, 3.05) is 0 Å². The van der Waals surface area contributed by atoms with E-state index in [2.05, 4.69) is 31.6 Å². The summed E-state index contributed by atoms with van der Waals surface area (Å²) in [7, 11) is 0. The van der Waals surface area contributed by atoms with Crippen molar-refractivity contribution in [1.29, 1.82) is 0 Å². The molecule has 148 valence electrons. The van der Waals surface area contributed by atoms with Crippen LogP contribution in [0.4, 0.5) is 5.69 Å². The molecule has 0 aliphatic rings. The standard InChI is InChI=1S/C18H13BrClN5O4/c19-15-10-24(9-11-1-3-13(20)4-2-11)23-17(15)18(27)22-21-8-12-7-14(25(28)29)5-6-16(12)26/h1-8,10,26H,9H2,(H,22,27). The highest BCUT2D eigenvalue weighted by molar-refractivity contribution is 9.10. The Bertz CT molecular complexity index is 1100. The zero-order valence-electron chi connectivity index (χ0n) is 14.6. The van der Waals surface area contributed by atoms with Crippen LogP contribution in [0.2, 0.25) is 5.02 Å². The maximum atomic E-state index is 12.3. The molecule has 1 amide bonds. The third kappa shape index (κ3) is 5.18. The van der Waals surface area contributed by atoms with Crippen LogP contribution in [0, 0.1) is 10.1 Å². The van der Waals surface area contributed by atoms with E-state index in [9.17, 15) is 20.0 Å². The summed E-state index contributed by atoms with van der Waals surface area (Å²) in [5.41, 5.74) is 3.22. The van der Waals surface area contributed by atoms with E-state index in [4.69, 9.17) is 11.6 Å². The van der Waals surface area contributed by atoms with E-state index < -0.39 is 10.8 Å². The summed E-state index contributed by atoms with van der Waals surface area (Å²) in [6, 6.07) is 10.7. The van der Waals surface area contributed by atoms with Gasteiger partial charge in [0, 0.05) is 28.9 Å². The van der Waals surface area contributed by atoms with Crippen LogP contribution in [0.15, 0.2) is 58.2 Å². The number of phenols is 1. The van der Waals surface area contributed by atoms with Gasteiger partial charge in [-0.05, 0) is 39.7 Å². The normalized spacial score (nSPS) is 11.0. The minimum atomic E-state index is -0.597. The Hall–Kier alpha value is -3.24. The lowest BCUT2D eigenvalue weighted by Crippen LogP contribution is -2.19. The van der Waals surface area contributed by atoms with Crippen molar-refractivity contribution in [3.05, 3.63) is 85.1 Å². The Kier molecular flexibility index (Phi) is 6.25. The average Bonchev–Trinajstić information content (AvgIpc) is 3.05. The Morgan fingerprint density at radius 1 is 1.34 bits per heavy atom. The van der Waals surface area contributed by atoms with Gasteiger partial charge in [-0.2, -0.15) is 10.2 Å². The molecule has 0 saturated carbocycles. The lowest BCUT2D eigenvalue weighted by molar-refractivity contribution is -0.384. The van der Waals surface area contributed by atoms with Crippen LogP contribution >= 0.6 is 27.5 Å². The minimum Gasteiger partial charge on any atom is -0.507 e. The average molecular weight is 479 g/mol. The van der Waals surface area contributed by atoms with Gasteiger partial charge in [0.25, 0.3) is 11.6 Å². The number of carbonyl (C=O) groups excluding carboxylic acids is 1. The maximum Gasteiger partial charge on any atom is 0.293 e. The van der Waals surface area contributed by atoms with Crippen LogP contribution in [-0.2, 0) is 6.54 Å². The molecule has 0 unspecified atom stereocenters. The second-order valence-electron chi connectivity index (χ2n) is 5.85. The number of aromatic hydroxyl groups is 1. The molecule has 3 rings (SSSR count). The van der Waals surface area contributed by atoms with Crippen molar-refractivity contribution >= 4 is 45.3 Å². The number of halogens is 2. The first-order valence-corrected chi connectivity index (χ1v) is 9.29. The number of phenolic OH excluding ortho intramolecular Hbond substituents is 1. The number of hydrazone groups is 1. The summed E-state index contributed by atoms with van der Waals surface area (Å²) >= 11 is 9.15. The molecule has 0 saturated heterocycles. The zero-order valence-corrected chi connectivity index (χ0v) is 17.0. The fourth-order valence-corrected chi connectivity index (χ4v) is 3.00. The number of nitro benzene ring substituents is 1. The van der Waals surface area contributed by atoms with Gasteiger partial charge in [-0.25, -0.2) is 5.43 Å². The number of nitrogens with zero attached hydrogens (tertiary/aromatic N) is 4. The number of carbonyl (C=O) groups is 1. The van der Waals surface area contributed by atoms with Crippen LogP contribution in [0.25, 0.3) is 0 Å². The summed E-state index contributed by atoms with van der Waals surface area (Å²) in [5.74, 6) is -0.796. The first-order chi connectivity index (χ1) is 13.8. The number of rotatable bonds is 6.